The Labute approximate surface area is 106 Å². The molecule has 2 N–H and O–H groups in total. The van der Waals surface area contributed by atoms with Crippen molar-refractivity contribution < 1.29 is 4.79 Å². The Morgan fingerprint density at radius 3 is 2.88 bits per heavy atom. The zero-order valence-corrected chi connectivity index (χ0v) is 11.4. The van der Waals surface area contributed by atoms with Gasteiger partial charge in [0.2, 0.25) is 5.91 Å². The summed E-state index contributed by atoms with van der Waals surface area (Å²) in [5, 5.41) is 8.45. The number of nitrogens with zero attached hydrogens (tertiary/aromatic N) is 2. The fourth-order valence-electron chi connectivity index (χ4n) is 1.30. The number of rotatable bonds is 7. The minimum absolute atomic E-state index is 0.0378. The van der Waals surface area contributed by atoms with E-state index >= 15 is 0 Å². The minimum Gasteiger partial charge on any atom is -0.309 e. The molecule has 0 aliphatic carbocycles. The van der Waals surface area contributed by atoms with Gasteiger partial charge >= 0.3 is 0 Å². The zero-order chi connectivity index (χ0) is 12.7. The van der Waals surface area contributed by atoms with E-state index in [4.69, 9.17) is 0 Å². The van der Waals surface area contributed by atoms with Crippen molar-refractivity contribution in [2.75, 3.05) is 39.0 Å². The highest BCUT2D eigenvalue weighted by molar-refractivity contribution is 7.13. The van der Waals surface area contributed by atoms with Crippen molar-refractivity contribution in [3.63, 3.8) is 0 Å². The van der Waals surface area contributed by atoms with Crippen LogP contribution in [0.3, 0.4) is 0 Å². The monoisotopic (exact) mass is 256 g/mol. The summed E-state index contributed by atoms with van der Waals surface area (Å²) < 4.78 is 0. The van der Waals surface area contributed by atoms with E-state index in [1.165, 1.54) is 11.3 Å². The van der Waals surface area contributed by atoms with Gasteiger partial charge in [-0.25, -0.2) is 4.98 Å². The SMILES string of the molecule is Cc1csc(NC(=O)CNCCCN(C)C)n1. The molecule has 1 heterocycles. The van der Waals surface area contributed by atoms with Crippen LogP contribution < -0.4 is 10.6 Å². The molecule has 17 heavy (non-hydrogen) atoms. The van der Waals surface area contributed by atoms with E-state index in [-0.39, 0.29) is 5.91 Å². The van der Waals surface area contributed by atoms with Gasteiger partial charge in [-0.15, -0.1) is 11.3 Å². The van der Waals surface area contributed by atoms with E-state index < -0.39 is 0 Å². The van der Waals surface area contributed by atoms with Crippen LogP contribution in [0.1, 0.15) is 12.1 Å². The maximum Gasteiger partial charge on any atom is 0.240 e. The van der Waals surface area contributed by atoms with Crippen LogP contribution in [0.5, 0.6) is 0 Å². The number of nitrogens with one attached hydrogen (secondary N) is 2. The molecule has 0 aromatic carbocycles. The number of carbonyl (C=O) groups is 1. The number of carbonyl (C=O) groups excluding carboxylic acids is 1. The number of aryl methyl sites for hydroxylation is 1. The summed E-state index contributed by atoms with van der Waals surface area (Å²) in [7, 11) is 4.08. The lowest BCUT2D eigenvalue weighted by atomic mass is 10.4. The van der Waals surface area contributed by atoms with Crippen LogP contribution in [0.25, 0.3) is 0 Å². The Morgan fingerprint density at radius 2 is 2.29 bits per heavy atom. The molecule has 0 aliphatic rings. The van der Waals surface area contributed by atoms with Crippen LogP contribution in [0.4, 0.5) is 5.13 Å². The predicted molar refractivity (Wildman–Crippen MR) is 71.5 cm³/mol. The molecule has 0 atom stereocenters. The fraction of sp³-hybridized carbons (Fsp3) is 0.636. The summed E-state index contributed by atoms with van der Waals surface area (Å²) in [6.45, 7) is 4.13. The normalized spacial score (nSPS) is 10.8. The highest BCUT2D eigenvalue weighted by atomic mass is 32.1. The lowest BCUT2D eigenvalue weighted by molar-refractivity contribution is -0.115. The Hall–Kier alpha value is -0.980. The number of anilines is 1. The van der Waals surface area contributed by atoms with Crippen molar-refractivity contribution in [2.24, 2.45) is 0 Å². The third kappa shape index (κ3) is 6.35. The number of hydrogen-bond donors (Lipinski definition) is 2. The molecular weight excluding hydrogens is 236 g/mol. The molecule has 0 saturated carbocycles. The maximum absolute atomic E-state index is 11.5. The average molecular weight is 256 g/mol. The molecule has 1 amide bonds. The lowest BCUT2D eigenvalue weighted by Gasteiger charge is -2.09. The molecule has 0 unspecified atom stereocenters. The van der Waals surface area contributed by atoms with E-state index in [0.29, 0.717) is 11.7 Å². The minimum atomic E-state index is -0.0378. The van der Waals surface area contributed by atoms with Gasteiger partial charge in [0.05, 0.1) is 12.2 Å². The molecule has 0 saturated heterocycles. The molecule has 0 bridgehead atoms. The number of aromatic nitrogens is 1. The van der Waals surface area contributed by atoms with Gasteiger partial charge in [0.15, 0.2) is 5.13 Å². The third-order valence-corrected chi connectivity index (χ3v) is 2.99. The smallest absolute Gasteiger partial charge is 0.240 e. The third-order valence-electron chi connectivity index (χ3n) is 2.11. The molecule has 0 fully saturated rings. The van der Waals surface area contributed by atoms with Crippen molar-refractivity contribution in [3.05, 3.63) is 11.1 Å². The van der Waals surface area contributed by atoms with E-state index in [2.05, 4.69) is 20.5 Å². The van der Waals surface area contributed by atoms with Crippen molar-refractivity contribution in [3.8, 4) is 0 Å². The molecule has 0 radical (unpaired) electrons. The van der Waals surface area contributed by atoms with Crippen LogP contribution in [0.15, 0.2) is 5.38 Å². The van der Waals surface area contributed by atoms with E-state index in [1.54, 1.807) is 0 Å². The molecule has 0 aliphatic heterocycles. The fourth-order valence-corrected chi connectivity index (χ4v) is 2.00. The Bertz CT molecular complexity index is 351. The topological polar surface area (TPSA) is 57.3 Å². The second-order valence-corrected chi connectivity index (χ2v) is 5.03. The van der Waals surface area contributed by atoms with Gasteiger partial charge in [-0.3, -0.25) is 4.79 Å². The van der Waals surface area contributed by atoms with Gasteiger partial charge in [0, 0.05) is 5.38 Å². The highest BCUT2D eigenvalue weighted by Crippen LogP contribution is 2.13. The molecule has 6 heteroatoms. The summed E-state index contributed by atoms with van der Waals surface area (Å²) in [5.74, 6) is -0.0378. The first-order valence-electron chi connectivity index (χ1n) is 5.65. The molecule has 96 valence electrons. The van der Waals surface area contributed by atoms with Crippen molar-refractivity contribution in [1.29, 1.82) is 0 Å². The first-order chi connectivity index (χ1) is 8.08. The van der Waals surface area contributed by atoms with Crippen LogP contribution in [0, 0.1) is 6.92 Å². The Kier molecular flexibility index (Phi) is 6.10. The first kappa shape index (κ1) is 14.1. The van der Waals surface area contributed by atoms with Gasteiger partial charge in [0.1, 0.15) is 0 Å². The Morgan fingerprint density at radius 1 is 1.53 bits per heavy atom. The number of thiazole rings is 1. The molecule has 5 nitrogen and oxygen atoms in total. The quantitative estimate of drug-likeness (QED) is 0.713. The van der Waals surface area contributed by atoms with Gasteiger partial charge in [0.25, 0.3) is 0 Å². The highest BCUT2D eigenvalue weighted by Gasteiger charge is 2.04. The summed E-state index contributed by atoms with van der Waals surface area (Å²) >= 11 is 1.45. The zero-order valence-electron chi connectivity index (χ0n) is 10.6. The molecular formula is C11H20N4OS. The van der Waals surface area contributed by atoms with Crippen LogP contribution in [0.2, 0.25) is 0 Å². The molecule has 1 aromatic rings. The second-order valence-electron chi connectivity index (χ2n) is 4.18. The maximum atomic E-state index is 11.5. The molecule has 1 aromatic heterocycles. The van der Waals surface area contributed by atoms with E-state index in [1.807, 2.05) is 26.4 Å². The second kappa shape index (κ2) is 7.37. The van der Waals surface area contributed by atoms with Gasteiger partial charge in [-0.1, -0.05) is 0 Å². The van der Waals surface area contributed by atoms with E-state index in [0.717, 1.165) is 25.2 Å². The van der Waals surface area contributed by atoms with Gasteiger partial charge in [-0.05, 0) is 40.5 Å². The van der Waals surface area contributed by atoms with Crippen molar-refractivity contribution in [1.82, 2.24) is 15.2 Å². The number of amides is 1. The van der Waals surface area contributed by atoms with Crippen molar-refractivity contribution in [2.45, 2.75) is 13.3 Å². The van der Waals surface area contributed by atoms with Gasteiger partial charge < -0.3 is 15.5 Å². The Balaban J connectivity index is 2.09. The summed E-state index contributed by atoms with van der Waals surface area (Å²) in [5.41, 5.74) is 0.934. The largest absolute Gasteiger partial charge is 0.309 e. The summed E-state index contributed by atoms with van der Waals surface area (Å²) in [6.07, 6.45) is 1.04. The average Bonchev–Trinajstić information content (AvgIpc) is 2.63. The van der Waals surface area contributed by atoms with Crippen LogP contribution in [-0.4, -0.2) is 49.5 Å². The van der Waals surface area contributed by atoms with E-state index in [9.17, 15) is 4.79 Å². The van der Waals surface area contributed by atoms with Crippen LogP contribution >= 0.6 is 11.3 Å². The van der Waals surface area contributed by atoms with Gasteiger partial charge in [-0.2, -0.15) is 0 Å². The lowest BCUT2D eigenvalue weighted by Crippen LogP contribution is -2.30. The summed E-state index contributed by atoms with van der Waals surface area (Å²) in [6, 6.07) is 0. The standard InChI is InChI=1S/C11H20N4OS/c1-9-8-17-11(13-9)14-10(16)7-12-5-4-6-15(2)3/h8,12H,4-7H2,1-3H3,(H,13,14,16). The predicted octanol–water partition coefficient (Wildman–Crippen LogP) is 0.931. The summed E-state index contributed by atoms with van der Waals surface area (Å²) in [4.78, 5) is 17.8. The molecule has 0 spiro atoms. The van der Waals surface area contributed by atoms with Crippen LogP contribution in [-0.2, 0) is 4.79 Å². The first-order valence-corrected chi connectivity index (χ1v) is 6.53. The molecule has 1 rings (SSSR count). The van der Waals surface area contributed by atoms with Crippen molar-refractivity contribution >= 4 is 22.4 Å². The number of hydrogen-bond acceptors (Lipinski definition) is 5.